The van der Waals surface area contributed by atoms with Crippen molar-refractivity contribution in [3.05, 3.63) is 0 Å². The standard InChI is InChI=1S/C12H21O11/c13-1-4-6(15)8(17)9(18)11(22-4)21-2-5-7(16)10(19)12(20,3-14)23-5/h4-11,13-19H,1-3H2/q-1/t4-,5-,6-,7-,8+,9-,10+,11+,12-/m1/s1. The van der Waals surface area contributed by atoms with Gasteiger partial charge in [0.1, 0.15) is 36.6 Å². The zero-order valence-corrected chi connectivity index (χ0v) is 12.0. The fourth-order valence-electron chi connectivity index (χ4n) is 2.52. The van der Waals surface area contributed by atoms with Crippen molar-refractivity contribution >= 4 is 0 Å². The summed E-state index contributed by atoms with van der Waals surface area (Å²) in [4.78, 5) is 0. The number of aliphatic hydroxyl groups is 7. The minimum atomic E-state index is -2.59. The number of hydrogen-bond donors (Lipinski definition) is 7. The van der Waals surface area contributed by atoms with Crippen molar-refractivity contribution in [2.75, 3.05) is 19.8 Å². The van der Waals surface area contributed by atoms with Crippen LogP contribution in [0.15, 0.2) is 0 Å². The molecule has 0 amide bonds. The molecule has 0 aliphatic carbocycles. The Labute approximate surface area is 130 Å². The first-order chi connectivity index (χ1) is 10.7. The third-order valence-electron chi connectivity index (χ3n) is 4.00. The van der Waals surface area contributed by atoms with Gasteiger partial charge in [-0.25, -0.2) is 0 Å². The Morgan fingerprint density at radius 1 is 0.913 bits per heavy atom. The molecule has 0 aromatic carbocycles. The highest BCUT2D eigenvalue weighted by Gasteiger charge is 2.48. The van der Waals surface area contributed by atoms with Gasteiger partial charge in [-0.15, -0.1) is 0 Å². The Morgan fingerprint density at radius 2 is 1.57 bits per heavy atom. The van der Waals surface area contributed by atoms with Crippen LogP contribution >= 0.6 is 0 Å². The maximum absolute atomic E-state index is 11.8. The topological polar surface area (TPSA) is 192 Å². The zero-order valence-electron chi connectivity index (χ0n) is 12.0. The van der Waals surface area contributed by atoms with E-state index in [0.29, 0.717) is 0 Å². The number of aliphatic hydroxyl groups excluding tert-OH is 7. The van der Waals surface area contributed by atoms with E-state index in [1.54, 1.807) is 0 Å². The molecule has 0 bridgehead atoms. The first-order valence-electron chi connectivity index (χ1n) is 7.02. The molecule has 11 nitrogen and oxygen atoms in total. The summed E-state index contributed by atoms with van der Waals surface area (Å²) in [5.74, 6) is -2.59. The molecule has 0 aromatic heterocycles. The molecule has 2 heterocycles. The van der Waals surface area contributed by atoms with Crippen LogP contribution in [0.5, 0.6) is 0 Å². The van der Waals surface area contributed by atoms with Gasteiger partial charge in [0.05, 0.1) is 25.9 Å². The second-order valence-corrected chi connectivity index (χ2v) is 5.59. The van der Waals surface area contributed by atoms with E-state index in [0.717, 1.165) is 0 Å². The Kier molecular flexibility index (Phi) is 5.92. The van der Waals surface area contributed by atoms with Gasteiger partial charge in [-0.1, -0.05) is 0 Å². The Morgan fingerprint density at radius 3 is 2.09 bits per heavy atom. The molecule has 0 unspecified atom stereocenters. The van der Waals surface area contributed by atoms with E-state index >= 15 is 0 Å². The van der Waals surface area contributed by atoms with Crippen LogP contribution < -0.4 is 5.11 Å². The fourth-order valence-corrected chi connectivity index (χ4v) is 2.52. The smallest absolute Gasteiger partial charge is 0.186 e. The molecule has 2 saturated heterocycles. The SMILES string of the molecule is [O-][C@]1(CO)O[C@H](CO[C@H]2O[C@H](CO)[C@@H](O)[C@H](O)[C@H]2O)[C@@H](O)[C@@H]1O. The van der Waals surface area contributed by atoms with Crippen molar-refractivity contribution in [2.45, 2.75) is 54.8 Å². The molecular weight excluding hydrogens is 320 g/mol. The Hall–Kier alpha value is -0.440. The molecule has 9 atom stereocenters. The van der Waals surface area contributed by atoms with Crippen molar-refractivity contribution < 1.29 is 55.1 Å². The summed E-state index contributed by atoms with van der Waals surface area (Å²) in [6, 6.07) is 0. The lowest BCUT2D eigenvalue weighted by Gasteiger charge is -2.40. The highest BCUT2D eigenvalue weighted by Crippen LogP contribution is 2.28. The predicted octanol–water partition coefficient (Wildman–Crippen LogP) is -6.03. The fraction of sp³-hybridized carbons (Fsp3) is 1.00. The second-order valence-electron chi connectivity index (χ2n) is 5.59. The normalized spacial score (nSPS) is 51.1. The average molecular weight is 341 g/mol. The summed E-state index contributed by atoms with van der Waals surface area (Å²) in [5, 5.41) is 78.0. The maximum atomic E-state index is 11.8. The van der Waals surface area contributed by atoms with Crippen LogP contribution in [0.25, 0.3) is 0 Å². The summed E-state index contributed by atoms with van der Waals surface area (Å²) >= 11 is 0. The molecule has 2 aliphatic heterocycles. The zero-order chi connectivity index (χ0) is 17.4. The van der Waals surface area contributed by atoms with E-state index in [-0.39, 0.29) is 0 Å². The quantitative estimate of drug-likeness (QED) is 0.252. The first-order valence-corrected chi connectivity index (χ1v) is 7.02. The Balaban J connectivity index is 1.95. The van der Waals surface area contributed by atoms with Gasteiger partial charge in [-0.3, -0.25) is 0 Å². The highest BCUT2D eigenvalue weighted by atomic mass is 16.7. The van der Waals surface area contributed by atoms with Crippen molar-refractivity contribution in [1.29, 1.82) is 0 Å². The molecule has 136 valence electrons. The van der Waals surface area contributed by atoms with Crippen LogP contribution in [-0.4, -0.2) is 110 Å². The molecule has 0 aromatic rings. The average Bonchev–Trinajstić information content (AvgIpc) is 2.77. The van der Waals surface area contributed by atoms with Crippen molar-refractivity contribution in [2.24, 2.45) is 0 Å². The molecule has 0 spiro atoms. The molecule has 2 aliphatic rings. The lowest BCUT2D eigenvalue weighted by Crippen LogP contribution is -2.59. The van der Waals surface area contributed by atoms with E-state index in [4.69, 9.17) is 24.4 Å². The largest absolute Gasteiger partial charge is 0.825 e. The van der Waals surface area contributed by atoms with Gasteiger partial charge in [0.15, 0.2) is 6.29 Å². The van der Waals surface area contributed by atoms with Crippen LogP contribution in [0, 0.1) is 0 Å². The first kappa shape index (κ1) is 18.9. The van der Waals surface area contributed by atoms with Crippen molar-refractivity contribution in [3.8, 4) is 0 Å². The third kappa shape index (κ3) is 3.50. The summed E-state index contributed by atoms with van der Waals surface area (Å²) in [6.07, 6.45) is -12.3. The monoisotopic (exact) mass is 341 g/mol. The van der Waals surface area contributed by atoms with Gasteiger partial charge in [-0.05, 0) is 0 Å². The van der Waals surface area contributed by atoms with Crippen LogP contribution in [0.3, 0.4) is 0 Å². The van der Waals surface area contributed by atoms with E-state index in [9.17, 15) is 30.6 Å². The van der Waals surface area contributed by atoms with Gasteiger partial charge in [0, 0.05) is 5.79 Å². The highest BCUT2D eigenvalue weighted by molar-refractivity contribution is 4.95. The summed E-state index contributed by atoms with van der Waals surface area (Å²) in [7, 11) is 0. The molecule has 0 radical (unpaired) electrons. The number of ether oxygens (including phenoxy) is 3. The van der Waals surface area contributed by atoms with Crippen molar-refractivity contribution in [1.82, 2.24) is 0 Å². The molecule has 23 heavy (non-hydrogen) atoms. The molecule has 0 saturated carbocycles. The number of rotatable bonds is 5. The van der Waals surface area contributed by atoms with E-state index in [1.165, 1.54) is 0 Å². The van der Waals surface area contributed by atoms with E-state index in [2.05, 4.69) is 0 Å². The van der Waals surface area contributed by atoms with Gasteiger partial charge in [-0.2, -0.15) is 0 Å². The van der Waals surface area contributed by atoms with Crippen LogP contribution in [-0.2, 0) is 14.2 Å². The molecule has 11 heteroatoms. The van der Waals surface area contributed by atoms with Gasteiger partial charge < -0.3 is 55.1 Å². The van der Waals surface area contributed by atoms with E-state index < -0.39 is 74.6 Å². The van der Waals surface area contributed by atoms with Gasteiger partial charge in [0.25, 0.3) is 0 Å². The molecule has 7 N–H and O–H groups in total. The van der Waals surface area contributed by atoms with Gasteiger partial charge in [0.2, 0.25) is 0 Å². The maximum Gasteiger partial charge on any atom is 0.186 e. The Bertz CT molecular complexity index is 393. The minimum Gasteiger partial charge on any atom is -0.825 e. The van der Waals surface area contributed by atoms with Crippen LogP contribution in [0.4, 0.5) is 0 Å². The van der Waals surface area contributed by atoms with Crippen molar-refractivity contribution in [3.63, 3.8) is 0 Å². The summed E-state index contributed by atoms with van der Waals surface area (Å²) < 4.78 is 15.0. The van der Waals surface area contributed by atoms with Crippen LogP contribution in [0.1, 0.15) is 0 Å². The molecule has 2 rings (SSSR count). The molecule has 2 fully saturated rings. The van der Waals surface area contributed by atoms with Gasteiger partial charge >= 0.3 is 0 Å². The third-order valence-corrected chi connectivity index (χ3v) is 4.00. The van der Waals surface area contributed by atoms with E-state index in [1.807, 2.05) is 0 Å². The number of hydrogen-bond acceptors (Lipinski definition) is 11. The van der Waals surface area contributed by atoms with Crippen LogP contribution in [0.2, 0.25) is 0 Å². The molecular formula is C12H21O11-. The predicted molar refractivity (Wildman–Crippen MR) is 66.4 cm³/mol. The second kappa shape index (κ2) is 7.21. The summed E-state index contributed by atoms with van der Waals surface area (Å²) in [5.41, 5.74) is 0. The minimum absolute atomic E-state index is 0.509. The lowest BCUT2D eigenvalue weighted by molar-refractivity contribution is -0.568. The lowest BCUT2D eigenvalue weighted by atomic mass is 9.99. The summed E-state index contributed by atoms with van der Waals surface area (Å²) in [6.45, 7) is -2.22.